The molecule has 0 atom stereocenters. The monoisotopic (exact) mass is 279 g/mol. The van der Waals surface area contributed by atoms with Crippen LogP contribution in [0.3, 0.4) is 0 Å². The highest BCUT2D eigenvalue weighted by Crippen LogP contribution is 2.03. The highest BCUT2D eigenvalue weighted by atomic mass is 19.1. The number of halogens is 1. The topological polar surface area (TPSA) is 70.2 Å². The lowest BCUT2D eigenvalue weighted by molar-refractivity contribution is -0.120. The van der Waals surface area contributed by atoms with Gasteiger partial charge >= 0.3 is 6.03 Å². The minimum Gasteiger partial charge on any atom is -0.354 e. The molecule has 1 aromatic carbocycles. The number of amides is 3. The zero-order valence-electron chi connectivity index (χ0n) is 11.1. The molecule has 0 saturated heterocycles. The van der Waals surface area contributed by atoms with Crippen LogP contribution in [-0.4, -0.2) is 31.6 Å². The third-order valence-electron chi connectivity index (χ3n) is 2.42. The fraction of sp³-hybridized carbons (Fsp3) is 0.286. The van der Waals surface area contributed by atoms with Gasteiger partial charge in [0.2, 0.25) is 5.91 Å². The molecule has 0 aliphatic carbocycles. The van der Waals surface area contributed by atoms with E-state index in [2.05, 4.69) is 22.5 Å². The number of benzene rings is 1. The van der Waals surface area contributed by atoms with Gasteiger partial charge in [-0.3, -0.25) is 4.79 Å². The van der Waals surface area contributed by atoms with Crippen LogP contribution in [0.4, 0.5) is 9.18 Å². The number of hydrogen-bond donors (Lipinski definition) is 3. The van der Waals surface area contributed by atoms with Crippen molar-refractivity contribution >= 4 is 11.9 Å². The number of carbonyl (C=O) groups is 2. The summed E-state index contributed by atoms with van der Waals surface area (Å²) in [4.78, 5) is 22.7. The van der Waals surface area contributed by atoms with Crippen molar-refractivity contribution in [1.82, 2.24) is 16.0 Å². The minimum atomic E-state index is -0.330. The maximum Gasteiger partial charge on any atom is 0.315 e. The van der Waals surface area contributed by atoms with E-state index in [-0.39, 0.29) is 24.2 Å². The Kier molecular flexibility index (Phi) is 6.81. The highest BCUT2D eigenvalue weighted by Gasteiger charge is 2.03. The van der Waals surface area contributed by atoms with Crippen molar-refractivity contribution in [2.45, 2.75) is 6.42 Å². The molecule has 0 unspecified atom stereocenters. The van der Waals surface area contributed by atoms with Crippen molar-refractivity contribution in [2.75, 3.05) is 19.6 Å². The van der Waals surface area contributed by atoms with Gasteiger partial charge in [0, 0.05) is 19.6 Å². The number of rotatable bonds is 7. The smallest absolute Gasteiger partial charge is 0.315 e. The quantitative estimate of drug-likeness (QED) is 0.514. The first-order valence-corrected chi connectivity index (χ1v) is 6.25. The van der Waals surface area contributed by atoms with Crippen molar-refractivity contribution < 1.29 is 14.0 Å². The van der Waals surface area contributed by atoms with Crippen LogP contribution in [0.15, 0.2) is 36.9 Å². The molecule has 3 amide bonds. The van der Waals surface area contributed by atoms with Crippen LogP contribution in [0.2, 0.25) is 0 Å². The summed E-state index contributed by atoms with van der Waals surface area (Å²) < 4.78 is 12.7. The summed E-state index contributed by atoms with van der Waals surface area (Å²) in [5, 5.41) is 7.79. The van der Waals surface area contributed by atoms with Crippen LogP contribution in [0.1, 0.15) is 5.56 Å². The Morgan fingerprint density at radius 3 is 2.40 bits per heavy atom. The van der Waals surface area contributed by atoms with Gasteiger partial charge in [-0.05, 0) is 17.7 Å². The molecule has 0 radical (unpaired) electrons. The van der Waals surface area contributed by atoms with Gasteiger partial charge in [-0.1, -0.05) is 18.2 Å². The molecule has 1 aromatic rings. The van der Waals surface area contributed by atoms with Gasteiger partial charge in [0.05, 0.1) is 6.42 Å². The van der Waals surface area contributed by atoms with Crippen LogP contribution >= 0.6 is 0 Å². The Hall–Kier alpha value is -2.37. The van der Waals surface area contributed by atoms with Crippen LogP contribution in [0.5, 0.6) is 0 Å². The normalized spacial score (nSPS) is 9.65. The van der Waals surface area contributed by atoms with E-state index in [9.17, 15) is 14.0 Å². The first-order chi connectivity index (χ1) is 9.61. The number of nitrogens with one attached hydrogen (secondary N) is 3. The van der Waals surface area contributed by atoms with Crippen LogP contribution in [-0.2, 0) is 11.2 Å². The molecule has 0 aliphatic rings. The van der Waals surface area contributed by atoms with E-state index >= 15 is 0 Å². The first-order valence-electron chi connectivity index (χ1n) is 6.25. The molecular weight excluding hydrogens is 261 g/mol. The van der Waals surface area contributed by atoms with Crippen molar-refractivity contribution in [1.29, 1.82) is 0 Å². The summed E-state index contributed by atoms with van der Waals surface area (Å²) in [6.45, 7) is 4.53. The van der Waals surface area contributed by atoms with Crippen molar-refractivity contribution in [3.8, 4) is 0 Å². The molecule has 1 rings (SSSR count). The predicted octanol–water partition coefficient (Wildman–Crippen LogP) is 0.970. The maximum atomic E-state index is 12.7. The minimum absolute atomic E-state index is 0.176. The average Bonchev–Trinajstić information content (AvgIpc) is 2.44. The van der Waals surface area contributed by atoms with Crippen LogP contribution in [0, 0.1) is 5.82 Å². The summed E-state index contributed by atoms with van der Waals surface area (Å²) >= 11 is 0. The zero-order chi connectivity index (χ0) is 14.8. The van der Waals surface area contributed by atoms with Gasteiger partial charge in [-0.15, -0.1) is 6.58 Å². The van der Waals surface area contributed by atoms with E-state index in [1.807, 2.05) is 0 Å². The SMILES string of the molecule is C=CCNC(=O)NCCNC(=O)Cc1ccc(F)cc1. The molecule has 0 aromatic heterocycles. The molecular formula is C14H18FN3O2. The van der Waals surface area contributed by atoms with E-state index in [0.717, 1.165) is 5.56 Å². The molecule has 0 fully saturated rings. The highest BCUT2D eigenvalue weighted by molar-refractivity contribution is 5.78. The molecule has 20 heavy (non-hydrogen) atoms. The summed E-state index contributed by atoms with van der Waals surface area (Å²) in [7, 11) is 0. The lowest BCUT2D eigenvalue weighted by Crippen LogP contribution is -2.40. The van der Waals surface area contributed by atoms with Crippen molar-refractivity contribution in [3.05, 3.63) is 48.3 Å². The number of urea groups is 1. The van der Waals surface area contributed by atoms with E-state index < -0.39 is 0 Å². The average molecular weight is 279 g/mol. The summed E-state index contributed by atoms with van der Waals surface area (Å²) in [5.41, 5.74) is 0.737. The number of carbonyl (C=O) groups excluding carboxylic acids is 2. The zero-order valence-corrected chi connectivity index (χ0v) is 11.1. The molecule has 0 bridgehead atoms. The van der Waals surface area contributed by atoms with Gasteiger partial charge in [-0.2, -0.15) is 0 Å². The number of hydrogen-bond acceptors (Lipinski definition) is 2. The molecule has 108 valence electrons. The second-order valence-corrected chi connectivity index (χ2v) is 4.08. The van der Waals surface area contributed by atoms with Crippen molar-refractivity contribution in [2.24, 2.45) is 0 Å². The molecule has 0 saturated carbocycles. The Labute approximate surface area is 117 Å². The van der Waals surface area contributed by atoms with E-state index in [1.165, 1.54) is 12.1 Å². The lowest BCUT2D eigenvalue weighted by atomic mass is 10.1. The Morgan fingerprint density at radius 1 is 1.10 bits per heavy atom. The summed E-state index contributed by atoms with van der Waals surface area (Å²) in [5.74, 6) is -0.506. The van der Waals surface area contributed by atoms with E-state index in [1.54, 1.807) is 18.2 Å². The standard InChI is InChI=1S/C14H18FN3O2/c1-2-7-17-14(20)18-9-8-16-13(19)10-11-3-5-12(15)6-4-11/h2-6H,1,7-10H2,(H,16,19)(H2,17,18,20). The lowest BCUT2D eigenvalue weighted by Gasteiger charge is -2.07. The Bertz CT molecular complexity index is 460. The van der Waals surface area contributed by atoms with E-state index in [0.29, 0.717) is 19.6 Å². The first kappa shape index (κ1) is 15.7. The fourth-order valence-corrected chi connectivity index (χ4v) is 1.46. The van der Waals surface area contributed by atoms with Gasteiger partial charge in [0.15, 0.2) is 0 Å². The summed E-state index contributed by atoms with van der Waals surface area (Å²) in [6, 6.07) is 5.45. The fourth-order valence-electron chi connectivity index (χ4n) is 1.46. The molecule has 5 nitrogen and oxygen atoms in total. The second kappa shape index (κ2) is 8.68. The van der Waals surface area contributed by atoms with Gasteiger partial charge in [-0.25, -0.2) is 9.18 Å². The van der Waals surface area contributed by atoms with Gasteiger partial charge in [0.1, 0.15) is 5.82 Å². The Balaban J connectivity index is 2.15. The predicted molar refractivity (Wildman–Crippen MR) is 74.7 cm³/mol. The van der Waals surface area contributed by atoms with Crippen LogP contribution in [0.25, 0.3) is 0 Å². The molecule has 0 heterocycles. The molecule has 0 spiro atoms. The Morgan fingerprint density at radius 2 is 1.75 bits per heavy atom. The van der Waals surface area contributed by atoms with E-state index in [4.69, 9.17) is 0 Å². The molecule has 3 N–H and O–H groups in total. The maximum absolute atomic E-state index is 12.7. The second-order valence-electron chi connectivity index (χ2n) is 4.08. The third-order valence-corrected chi connectivity index (χ3v) is 2.42. The van der Waals surface area contributed by atoms with Crippen molar-refractivity contribution in [3.63, 3.8) is 0 Å². The van der Waals surface area contributed by atoms with Crippen LogP contribution < -0.4 is 16.0 Å². The molecule has 0 aliphatic heterocycles. The third kappa shape index (κ3) is 6.53. The largest absolute Gasteiger partial charge is 0.354 e. The van der Waals surface area contributed by atoms with Gasteiger partial charge < -0.3 is 16.0 Å². The van der Waals surface area contributed by atoms with Gasteiger partial charge in [0.25, 0.3) is 0 Å². The summed E-state index contributed by atoms with van der Waals surface area (Å²) in [6.07, 6.45) is 1.76. The molecule has 6 heteroatoms.